The second kappa shape index (κ2) is 5.18. The normalized spacial score (nSPS) is 13.1. The third-order valence-electron chi connectivity index (χ3n) is 3.12. The highest BCUT2D eigenvalue weighted by Gasteiger charge is 2.15. The molecule has 3 rings (SSSR count). The fourth-order valence-electron chi connectivity index (χ4n) is 2.13. The predicted molar refractivity (Wildman–Crippen MR) is 73.7 cm³/mol. The summed E-state index contributed by atoms with van der Waals surface area (Å²) < 4.78 is 11.3. The van der Waals surface area contributed by atoms with Gasteiger partial charge in [-0.25, -0.2) is 0 Å². The zero-order valence-corrected chi connectivity index (χ0v) is 10.8. The van der Waals surface area contributed by atoms with Gasteiger partial charge in [-0.2, -0.15) is 0 Å². The van der Waals surface area contributed by atoms with E-state index in [-0.39, 0.29) is 0 Å². The fourth-order valence-corrected chi connectivity index (χ4v) is 2.13. The number of aryl methyl sites for hydroxylation is 1. The van der Waals surface area contributed by atoms with Crippen LogP contribution >= 0.6 is 0 Å². The summed E-state index contributed by atoms with van der Waals surface area (Å²) in [7, 11) is 0. The van der Waals surface area contributed by atoms with Gasteiger partial charge in [0.25, 0.3) is 0 Å². The Hall–Kier alpha value is -2.23. The van der Waals surface area contributed by atoms with Crippen LogP contribution in [0.1, 0.15) is 11.3 Å². The van der Waals surface area contributed by atoms with Crippen LogP contribution < -0.4 is 14.8 Å². The fraction of sp³-hybridized carbons (Fsp3) is 0.267. The molecular formula is C15H16N2O2. The Morgan fingerprint density at radius 3 is 2.95 bits per heavy atom. The minimum absolute atomic E-state index is 0.607. The van der Waals surface area contributed by atoms with Gasteiger partial charge in [0.05, 0.1) is 11.4 Å². The smallest absolute Gasteiger partial charge is 0.166 e. The van der Waals surface area contributed by atoms with Gasteiger partial charge in [0, 0.05) is 18.3 Å². The standard InChI is InChI=1S/C15H16N2O2/c1-11-13(5-3-7-16-11)17-10-12-4-2-6-14-15(12)19-9-8-18-14/h2-7,17H,8-10H2,1H3. The molecule has 19 heavy (non-hydrogen) atoms. The highest BCUT2D eigenvalue weighted by atomic mass is 16.6. The number of nitrogens with one attached hydrogen (secondary N) is 1. The lowest BCUT2D eigenvalue weighted by Crippen LogP contribution is -2.17. The molecule has 4 heteroatoms. The minimum Gasteiger partial charge on any atom is -0.486 e. The van der Waals surface area contributed by atoms with Crippen molar-refractivity contribution < 1.29 is 9.47 Å². The SMILES string of the molecule is Cc1ncccc1NCc1cccc2c1OCCO2. The van der Waals surface area contributed by atoms with Crippen LogP contribution in [0, 0.1) is 6.92 Å². The van der Waals surface area contributed by atoms with E-state index in [1.807, 2.05) is 37.3 Å². The molecule has 0 amide bonds. The van der Waals surface area contributed by atoms with Gasteiger partial charge < -0.3 is 14.8 Å². The summed E-state index contributed by atoms with van der Waals surface area (Å²) in [6.45, 7) is 3.91. The van der Waals surface area contributed by atoms with Crippen LogP contribution in [0.25, 0.3) is 0 Å². The van der Waals surface area contributed by atoms with Crippen LogP contribution in [0.2, 0.25) is 0 Å². The Labute approximate surface area is 112 Å². The van der Waals surface area contributed by atoms with Crippen molar-refractivity contribution in [2.45, 2.75) is 13.5 Å². The van der Waals surface area contributed by atoms with Crippen molar-refractivity contribution in [2.24, 2.45) is 0 Å². The van der Waals surface area contributed by atoms with Gasteiger partial charge in [0.15, 0.2) is 11.5 Å². The topological polar surface area (TPSA) is 43.4 Å². The molecule has 0 saturated heterocycles. The molecular weight excluding hydrogens is 240 g/mol. The van der Waals surface area contributed by atoms with E-state index in [1.165, 1.54) is 0 Å². The number of anilines is 1. The quantitative estimate of drug-likeness (QED) is 0.917. The average molecular weight is 256 g/mol. The van der Waals surface area contributed by atoms with Crippen molar-refractivity contribution in [1.82, 2.24) is 4.98 Å². The molecule has 0 bridgehead atoms. The number of pyridine rings is 1. The molecule has 0 atom stereocenters. The molecule has 0 radical (unpaired) electrons. The molecule has 2 heterocycles. The van der Waals surface area contributed by atoms with E-state index < -0.39 is 0 Å². The van der Waals surface area contributed by atoms with Gasteiger partial charge in [0.1, 0.15) is 13.2 Å². The predicted octanol–water partition coefficient (Wildman–Crippen LogP) is 2.77. The van der Waals surface area contributed by atoms with Crippen molar-refractivity contribution in [3.63, 3.8) is 0 Å². The lowest BCUT2D eigenvalue weighted by Gasteiger charge is -2.21. The van der Waals surface area contributed by atoms with Crippen molar-refractivity contribution in [3.05, 3.63) is 47.8 Å². The molecule has 0 fully saturated rings. The van der Waals surface area contributed by atoms with Crippen LogP contribution in [0.15, 0.2) is 36.5 Å². The summed E-state index contributed by atoms with van der Waals surface area (Å²) in [4.78, 5) is 4.26. The molecule has 1 aromatic carbocycles. The number of nitrogens with zero attached hydrogens (tertiary/aromatic N) is 1. The summed E-state index contributed by atoms with van der Waals surface area (Å²) in [5.74, 6) is 1.68. The number of hydrogen-bond acceptors (Lipinski definition) is 4. The van der Waals surface area contributed by atoms with Crippen molar-refractivity contribution in [1.29, 1.82) is 0 Å². The number of rotatable bonds is 3. The van der Waals surface area contributed by atoms with Crippen molar-refractivity contribution in [2.75, 3.05) is 18.5 Å². The van der Waals surface area contributed by atoms with Gasteiger partial charge in [-0.15, -0.1) is 0 Å². The van der Waals surface area contributed by atoms with E-state index in [9.17, 15) is 0 Å². The van der Waals surface area contributed by atoms with Crippen molar-refractivity contribution in [3.8, 4) is 11.5 Å². The minimum atomic E-state index is 0.607. The molecule has 0 aliphatic carbocycles. The molecule has 0 saturated carbocycles. The Morgan fingerprint density at radius 2 is 2.05 bits per heavy atom. The Balaban J connectivity index is 1.79. The summed E-state index contributed by atoms with van der Waals surface area (Å²) in [5, 5.41) is 3.38. The first kappa shape index (κ1) is 11.8. The third kappa shape index (κ3) is 2.47. The first-order valence-corrected chi connectivity index (χ1v) is 6.37. The van der Waals surface area contributed by atoms with Gasteiger partial charge in [0.2, 0.25) is 0 Å². The maximum atomic E-state index is 5.69. The Kier molecular flexibility index (Phi) is 3.23. The first-order chi connectivity index (χ1) is 9.34. The number of para-hydroxylation sites is 1. The molecule has 1 aliphatic rings. The van der Waals surface area contributed by atoms with Crippen LogP contribution in [0.5, 0.6) is 11.5 Å². The van der Waals surface area contributed by atoms with Gasteiger partial charge in [-0.05, 0) is 25.1 Å². The van der Waals surface area contributed by atoms with Gasteiger partial charge >= 0.3 is 0 Å². The molecule has 0 unspecified atom stereocenters. The molecule has 4 nitrogen and oxygen atoms in total. The summed E-state index contributed by atoms with van der Waals surface area (Å²) in [6, 6.07) is 9.92. The van der Waals surface area contributed by atoms with E-state index in [0.29, 0.717) is 19.8 Å². The summed E-state index contributed by atoms with van der Waals surface area (Å²) >= 11 is 0. The highest BCUT2D eigenvalue weighted by molar-refractivity contribution is 5.51. The Morgan fingerprint density at radius 1 is 1.16 bits per heavy atom. The molecule has 1 N–H and O–H groups in total. The maximum Gasteiger partial charge on any atom is 0.166 e. The average Bonchev–Trinajstić information content (AvgIpc) is 2.46. The third-order valence-corrected chi connectivity index (χ3v) is 3.12. The van der Waals surface area contributed by atoms with Crippen LogP contribution in [-0.2, 0) is 6.54 Å². The number of fused-ring (bicyclic) bond motifs is 1. The summed E-state index contributed by atoms with van der Waals surface area (Å²) in [5.41, 5.74) is 3.13. The van der Waals surface area contributed by atoms with Gasteiger partial charge in [-0.3, -0.25) is 4.98 Å². The summed E-state index contributed by atoms with van der Waals surface area (Å²) in [6.07, 6.45) is 1.79. The molecule has 1 aromatic heterocycles. The van der Waals surface area contributed by atoms with Crippen LogP contribution in [-0.4, -0.2) is 18.2 Å². The van der Waals surface area contributed by atoms with Gasteiger partial charge in [-0.1, -0.05) is 12.1 Å². The number of aromatic nitrogens is 1. The number of benzene rings is 1. The van der Waals surface area contributed by atoms with E-state index in [0.717, 1.165) is 28.4 Å². The van der Waals surface area contributed by atoms with E-state index in [4.69, 9.17) is 9.47 Å². The van der Waals surface area contributed by atoms with Crippen LogP contribution in [0.3, 0.4) is 0 Å². The monoisotopic (exact) mass is 256 g/mol. The molecule has 1 aliphatic heterocycles. The second-order valence-electron chi connectivity index (χ2n) is 4.43. The number of ether oxygens (including phenoxy) is 2. The zero-order valence-electron chi connectivity index (χ0n) is 10.8. The maximum absolute atomic E-state index is 5.69. The highest BCUT2D eigenvalue weighted by Crippen LogP contribution is 2.33. The number of hydrogen-bond donors (Lipinski definition) is 1. The molecule has 2 aromatic rings. The lowest BCUT2D eigenvalue weighted by atomic mass is 10.1. The Bertz CT molecular complexity index is 584. The molecule has 0 spiro atoms. The second-order valence-corrected chi connectivity index (χ2v) is 4.43. The van der Waals surface area contributed by atoms with E-state index in [2.05, 4.69) is 10.3 Å². The largest absolute Gasteiger partial charge is 0.486 e. The lowest BCUT2D eigenvalue weighted by molar-refractivity contribution is 0.170. The van der Waals surface area contributed by atoms with Crippen LogP contribution in [0.4, 0.5) is 5.69 Å². The molecule has 98 valence electrons. The van der Waals surface area contributed by atoms with Crippen molar-refractivity contribution >= 4 is 5.69 Å². The zero-order chi connectivity index (χ0) is 13.1. The van der Waals surface area contributed by atoms with E-state index in [1.54, 1.807) is 6.20 Å². The van der Waals surface area contributed by atoms with E-state index >= 15 is 0 Å². The first-order valence-electron chi connectivity index (χ1n) is 6.37.